The van der Waals surface area contributed by atoms with Gasteiger partial charge in [0, 0.05) is 58.2 Å². The third kappa shape index (κ3) is 8.33. The lowest BCUT2D eigenvalue weighted by atomic mass is 9.56. The van der Waals surface area contributed by atoms with Crippen molar-refractivity contribution in [2.45, 2.75) is 89.6 Å². The van der Waals surface area contributed by atoms with E-state index in [4.69, 9.17) is 4.74 Å². The summed E-state index contributed by atoms with van der Waals surface area (Å²) in [5.41, 5.74) is 3.81. The number of hydrogen-bond acceptors (Lipinski definition) is 12. The second-order valence-corrected chi connectivity index (χ2v) is 19.2. The molecule has 3 saturated heterocycles. The van der Waals surface area contributed by atoms with E-state index in [2.05, 4.69) is 36.5 Å². The number of para-hydroxylation sites is 1. The summed E-state index contributed by atoms with van der Waals surface area (Å²) >= 11 is 0. The van der Waals surface area contributed by atoms with Gasteiger partial charge in [0.25, 0.3) is 5.91 Å². The summed E-state index contributed by atoms with van der Waals surface area (Å²) in [6, 6.07) is 10.0. The number of piperidine rings is 3. The van der Waals surface area contributed by atoms with Gasteiger partial charge in [0.05, 0.1) is 42.3 Å². The maximum atomic E-state index is 14.8. The standard InChI is InChI=1S/C47H58F2N10O6/c1-28(2)58-27-47(48,49)43(63)54(3)36-25-50-44(53-41(36)58)51-32-10-9-31(22-38(32)65-5)37(60)21-30-23-46(24-30)15-19-56(20-16-46)26-29-13-17-57(18-14-29)33-7-6-8-34-40(33)55(4)45(64)59(34)35-11-12-39(61)52-42(35)62/h6-10,22,25,28-30,35H,11-21,23-24,26-27H2,1-5H3,(H,50,51,53)(H,52,61,62). The monoisotopic (exact) mass is 896 g/mol. The molecule has 346 valence electrons. The lowest BCUT2D eigenvalue weighted by molar-refractivity contribution is -0.140. The first-order valence-electron chi connectivity index (χ1n) is 22.8. The van der Waals surface area contributed by atoms with Crippen LogP contribution in [0.25, 0.3) is 11.0 Å². The minimum Gasteiger partial charge on any atom is -0.495 e. The van der Waals surface area contributed by atoms with Crippen LogP contribution in [0.3, 0.4) is 0 Å². The third-order valence-corrected chi connectivity index (χ3v) is 14.7. The predicted molar refractivity (Wildman–Crippen MR) is 242 cm³/mol. The first-order chi connectivity index (χ1) is 31.0. The SMILES string of the molecule is COc1cc(C(=O)CC2CC3(CCN(CC4CCN(c5cccc6c5n(C)c(=O)n6C5CCC(=O)NC5=O)CC4)CC3)C2)ccc1Nc1ncc2c(n1)N(C(C)C)CC(F)(F)C(=O)N2C. The number of rotatable bonds is 11. The van der Waals surface area contributed by atoms with Crippen molar-refractivity contribution in [2.24, 2.45) is 24.3 Å². The highest BCUT2D eigenvalue weighted by atomic mass is 19.3. The number of imide groups is 1. The summed E-state index contributed by atoms with van der Waals surface area (Å²) in [6.45, 7) is 7.67. The van der Waals surface area contributed by atoms with E-state index in [9.17, 15) is 32.8 Å². The number of Topliss-reactive ketones (excluding diaryl/α,β-unsaturated/α-hetero) is 1. The summed E-state index contributed by atoms with van der Waals surface area (Å²) in [5.74, 6) is -3.91. The molecule has 0 radical (unpaired) electrons. The molecule has 1 spiro atoms. The maximum absolute atomic E-state index is 14.8. The Hall–Kier alpha value is -5.91. The van der Waals surface area contributed by atoms with E-state index in [0.717, 1.165) is 87.4 Å². The van der Waals surface area contributed by atoms with Gasteiger partial charge in [-0.05, 0) is 119 Å². The molecule has 1 saturated carbocycles. The minimum absolute atomic E-state index is 0.0614. The number of carbonyl (C=O) groups is 4. The van der Waals surface area contributed by atoms with E-state index in [0.29, 0.717) is 52.6 Å². The number of likely N-dealkylation sites (tertiary alicyclic amines) is 1. The first-order valence-corrected chi connectivity index (χ1v) is 22.8. The van der Waals surface area contributed by atoms with Gasteiger partial charge in [-0.1, -0.05) is 6.07 Å². The zero-order valence-electron chi connectivity index (χ0n) is 37.7. The van der Waals surface area contributed by atoms with Crippen LogP contribution >= 0.6 is 0 Å². The average Bonchev–Trinajstić information content (AvgIpc) is 3.49. The molecule has 4 aromatic rings. The molecule has 2 aromatic heterocycles. The van der Waals surface area contributed by atoms with Gasteiger partial charge in [-0.3, -0.25) is 33.6 Å². The van der Waals surface area contributed by atoms with Gasteiger partial charge in [-0.25, -0.2) is 9.78 Å². The van der Waals surface area contributed by atoms with Crippen LogP contribution in [0, 0.1) is 17.3 Å². The predicted octanol–water partition coefficient (Wildman–Crippen LogP) is 5.67. The van der Waals surface area contributed by atoms with Gasteiger partial charge in [0.2, 0.25) is 17.8 Å². The number of anilines is 5. The number of ether oxygens (including phenoxy) is 1. The molecule has 16 nitrogen and oxygen atoms in total. The lowest BCUT2D eigenvalue weighted by Gasteiger charge is -2.53. The van der Waals surface area contributed by atoms with Crippen LogP contribution in [-0.4, -0.2) is 113 Å². The third-order valence-electron chi connectivity index (χ3n) is 14.7. The van der Waals surface area contributed by atoms with E-state index >= 15 is 0 Å². The van der Waals surface area contributed by atoms with Crippen LogP contribution in [-0.2, 0) is 21.4 Å². The molecule has 2 N–H and O–H groups in total. The van der Waals surface area contributed by atoms with Crippen molar-refractivity contribution in [3.63, 3.8) is 0 Å². The van der Waals surface area contributed by atoms with E-state index in [1.54, 1.807) is 48.2 Å². The van der Waals surface area contributed by atoms with Crippen LogP contribution < -0.4 is 35.8 Å². The van der Waals surface area contributed by atoms with Gasteiger partial charge in [-0.15, -0.1) is 0 Å². The molecular weight excluding hydrogens is 839 g/mol. The van der Waals surface area contributed by atoms with Crippen molar-refractivity contribution in [3.05, 3.63) is 58.6 Å². The Bertz CT molecular complexity index is 2590. The Morgan fingerprint density at radius 3 is 2.40 bits per heavy atom. The Balaban J connectivity index is 0.754. The van der Waals surface area contributed by atoms with Crippen LogP contribution in [0.15, 0.2) is 47.4 Å². The lowest BCUT2D eigenvalue weighted by Crippen LogP contribution is -2.49. The van der Waals surface area contributed by atoms with Crippen LogP contribution in [0.1, 0.15) is 88.0 Å². The average molecular weight is 897 g/mol. The van der Waals surface area contributed by atoms with Gasteiger partial charge >= 0.3 is 11.6 Å². The molecular formula is C47H58F2N10O6. The summed E-state index contributed by atoms with van der Waals surface area (Å²) in [7, 11) is 4.56. The molecule has 1 aliphatic carbocycles. The number of nitrogens with one attached hydrogen (secondary N) is 2. The Kier molecular flexibility index (Phi) is 11.7. The largest absolute Gasteiger partial charge is 0.495 e. The summed E-state index contributed by atoms with van der Waals surface area (Å²) in [5, 5.41) is 5.51. The second kappa shape index (κ2) is 17.1. The summed E-state index contributed by atoms with van der Waals surface area (Å²) in [6.07, 6.45) is 8.82. The van der Waals surface area contributed by atoms with Crippen molar-refractivity contribution in [2.75, 3.05) is 73.4 Å². The van der Waals surface area contributed by atoms with Crippen molar-refractivity contribution in [3.8, 4) is 5.75 Å². The Morgan fingerprint density at radius 1 is 0.969 bits per heavy atom. The molecule has 2 aromatic carbocycles. The number of benzene rings is 2. The van der Waals surface area contributed by atoms with Gasteiger partial charge in [0.1, 0.15) is 17.5 Å². The van der Waals surface area contributed by atoms with Gasteiger partial charge < -0.3 is 29.7 Å². The number of methoxy groups -OCH3 is 1. The highest BCUT2D eigenvalue weighted by Gasteiger charge is 2.48. The highest BCUT2D eigenvalue weighted by Crippen LogP contribution is 2.54. The molecule has 3 amide bonds. The summed E-state index contributed by atoms with van der Waals surface area (Å²) in [4.78, 5) is 80.2. The fourth-order valence-electron chi connectivity index (χ4n) is 11.0. The minimum atomic E-state index is -3.59. The molecule has 9 rings (SSSR count). The zero-order chi connectivity index (χ0) is 45.9. The zero-order valence-corrected chi connectivity index (χ0v) is 37.7. The summed E-state index contributed by atoms with van der Waals surface area (Å²) < 4.78 is 38.4. The number of hydrogen-bond donors (Lipinski definition) is 2. The van der Waals surface area contributed by atoms with Crippen LogP contribution in [0.2, 0.25) is 0 Å². The van der Waals surface area contributed by atoms with E-state index in [1.165, 1.54) is 25.3 Å². The number of ketones is 1. The van der Waals surface area contributed by atoms with Gasteiger partial charge in [-0.2, -0.15) is 13.8 Å². The molecule has 6 heterocycles. The number of aromatic nitrogens is 4. The fourth-order valence-corrected chi connectivity index (χ4v) is 11.0. The smallest absolute Gasteiger partial charge is 0.342 e. The normalized spacial score (nSPS) is 21.7. The van der Waals surface area contributed by atoms with Crippen LogP contribution in [0.4, 0.5) is 37.6 Å². The second-order valence-electron chi connectivity index (χ2n) is 19.2. The van der Waals surface area contributed by atoms with Crippen molar-refractivity contribution in [1.29, 1.82) is 0 Å². The number of amides is 3. The number of aryl methyl sites for hydroxylation is 1. The van der Waals surface area contributed by atoms with E-state index in [-0.39, 0.29) is 47.3 Å². The number of carbonyl (C=O) groups excluding carboxylic acids is 4. The van der Waals surface area contributed by atoms with E-state index < -0.39 is 30.3 Å². The molecule has 1 atom stereocenters. The topological polar surface area (TPSA) is 167 Å². The van der Waals surface area contributed by atoms with Gasteiger partial charge in [0.15, 0.2) is 11.6 Å². The molecule has 65 heavy (non-hydrogen) atoms. The first kappa shape index (κ1) is 44.3. The van der Waals surface area contributed by atoms with Crippen molar-refractivity contribution < 1.29 is 32.7 Å². The number of fused-ring (bicyclic) bond motifs is 2. The number of imidazole rings is 1. The highest BCUT2D eigenvalue weighted by molar-refractivity contribution is 6.02. The Morgan fingerprint density at radius 2 is 1.71 bits per heavy atom. The number of nitrogens with zero attached hydrogens (tertiary/aromatic N) is 8. The quantitative estimate of drug-likeness (QED) is 0.140. The van der Waals surface area contributed by atoms with E-state index in [1.807, 2.05) is 12.1 Å². The molecule has 0 bridgehead atoms. The maximum Gasteiger partial charge on any atom is 0.342 e. The van der Waals surface area contributed by atoms with Crippen LogP contribution in [0.5, 0.6) is 5.75 Å². The van der Waals surface area contributed by atoms with Crippen molar-refractivity contribution in [1.82, 2.24) is 29.3 Å². The number of halogens is 2. The fraction of sp³-hybridized carbons (Fsp3) is 0.553. The van der Waals surface area contributed by atoms with Crippen molar-refractivity contribution >= 4 is 63.4 Å². The molecule has 4 fully saturated rings. The molecule has 18 heteroatoms. The molecule has 5 aliphatic rings. The molecule has 1 unspecified atom stereocenters. The Labute approximate surface area is 376 Å². The number of alkyl halides is 2. The molecule has 4 aliphatic heterocycles.